The van der Waals surface area contributed by atoms with Crippen LogP contribution in [0.1, 0.15) is 17.3 Å². The predicted octanol–water partition coefficient (Wildman–Crippen LogP) is 1.77. The molecule has 0 amide bonds. The highest BCUT2D eigenvalue weighted by Crippen LogP contribution is 2.29. The van der Waals surface area contributed by atoms with Gasteiger partial charge in [0.15, 0.2) is 6.10 Å². The summed E-state index contributed by atoms with van der Waals surface area (Å²) in [6.07, 6.45) is -0.822. The first-order chi connectivity index (χ1) is 8.13. The first kappa shape index (κ1) is 12.8. The molecular formula is C12H13NO4. The van der Waals surface area contributed by atoms with E-state index in [9.17, 15) is 4.79 Å². The number of hydrogen-bond acceptors (Lipinski definition) is 5. The van der Waals surface area contributed by atoms with Gasteiger partial charge in [-0.25, -0.2) is 4.79 Å². The SMILES string of the molecule is COc1cccc(OC)c1C(=O)OC(C)C#N. The van der Waals surface area contributed by atoms with Crippen molar-refractivity contribution in [2.75, 3.05) is 14.2 Å². The van der Waals surface area contributed by atoms with Gasteiger partial charge in [0.1, 0.15) is 23.1 Å². The Morgan fingerprint density at radius 2 is 1.82 bits per heavy atom. The van der Waals surface area contributed by atoms with Crippen molar-refractivity contribution in [3.63, 3.8) is 0 Å². The van der Waals surface area contributed by atoms with Gasteiger partial charge >= 0.3 is 5.97 Å². The molecule has 0 aliphatic rings. The van der Waals surface area contributed by atoms with E-state index in [-0.39, 0.29) is 5.56 Å². The Balaban J connectivity index is 3.10. The average Bonchev–Trinajstić information content (AvgIpc) is 2.37. The highest BCUT2D eigenvalue weighted by atomic mass is 16.5. The Bertz CT molecular complexity index is 428. The van der Waals surface area contributed by atoms with Crippen molar-refractivity contribution < 1.29 is 19.0 Å². The molecule has 1 atom stereocenters. The minimum atomic E-state index is -0.822. The largest absolute Gasteiger partial charge is 0.496 e. The Hall–Kier alpha value is -2.22. The van der Waals surface area contributed by atoms with Crippen LogP contribution in [0.4, 0.5) is 0 Å². The molecule has 0 saturated carbocycles. The maximum Gasteiger partial charge on any atom is 0.347 e. The van der Waals surface area contributed by atoms with Gasteiger partial charge in [0.2, 0.25) is 0 Å². The first-order valence-corrected chi connectivity index (χ1v) is 4.95. The molecule has 0 radical (unpaired) electrons. The third-order valence-corrected chi connectivity index (χ3v) is 2.10. The molecule has 5 nitrogen and oxygen atoms in total. The summed E-state index contributed by atoms with van der Waals surface area (Å²) < 4.78 is 15.0. The van der Waals surface area contributed by atoms with Gasteiger partial charge in [-0.1, -0.05) is 6.07 Å². The van der Waals surface area contributed by atoms with Crippen molar-refractivity contribution in [1.29, 1.82) is 5.26 Å². The number of esters is 1. The number of nitrogens with zero attached hydrogens (tertiary/aromatic N) is 1. The van der Waals surface area contributed by atoms with Crippen molar-refractivity contribution in [1.82, 2.24) is 0 Å². The zero-order valence-electron chi connectivity index (χ0n) is 9.89. The highest BCUT2D eigenvalue weighted by Gasteiger charge is 2.21. The Morgan fingerprint density at radius 1 is 1.29 bits per heavy atom. The van der Waals surface area contributed by atoms with Crippen LogP contribution in [0.3, 0.4) is 0 Å². The fraction of sp³-hybridized carbons (Fsp3) is 0.333. The monoisotopic (exact) mass is 235 g/mol. The maximum absolute atomic E-state index is 11.8. The molecule has 0 aliphatic heterocycles. The van der Waals surface area contributed by atoms with E-state index >= 15 is 0 Å². The summed E-state index contributed by atoms with van der Waals surface area (Å²) in [6.45, 7) is 1.49. The van der Waals surface area contributed by atoms with Crippen molar-refractivity contribution in [3.05, 3.63) is 23.8 Å². The summed E-state index contributed by atoms with van der Waals surface area (Å²) in [7, 11) is 2.89. The number of ether oxygens (including phenoxy) is 3. The number of hydrogen-bond donors (Lipinski definition) is 0. The van der Waals surface area contributed by atoms with Crippen LogP contribution in [0.15, 0.2) is 18.2 Å². The van der Waals surface area contributed by atoms with E-state index in [1.807, 2.05) is 6.07 Å². The molecule has 0 saturated heterocycles. The Morgan fingerprint density at radius 3 is 2.24 bits per heavy atom. The number of rotatable bonds is 4. The number of benzene rings is 1. The molecule has 1 aromatic carbocycles. The van der Waals surface area contributed by atoms with Gasteiger partial charge in [-0.05, 0) is 19.1 Å². The van der Waals surface area contributed by atoms with E-state index in [0.29, 0.717) is 11.5 Å². The third-order valence-electron chi connectivity index (χ3n) is 2.10. The molecule has 1 unspecified atom stereocenters. The van der Waals surface area contributed by atoms with Gasteiger partial charge in [0.25, 0.3) is 0 Å². The molecule has 0 heterocycles. The first-order valence-electron chi connectivity index (χ1n) is 4.95. The minimum absolute atomic E-state index is 0.180. The second-order valence-corrected chi connectivity index (χ2v) is 3.21. The minimum Gasteiger partial charge on any atom is -0.496 e. The van der Waals surface area contributed by atoms with Gasteiger partial charge < -0.3 is 14.2 Å². The molecule has 1 aromatic rings. The summed E-state index contributed by atoms with van der Waals surface area (Å²) in [5.74, 6) is 0.0485. The quantitative estimate of drug-likeness (QED) is 0.744. The van der Waals surface area contributed by atoms with E-state index in [1.165, 1.54) is 21.1 Å². The van der Waals surface area contributed by atoms with E-state index in [0.717, 1.165) is 0 Å². The molecule has 0 aromatic heterocycles. The van der Waals surface area contributed by atoms with Gasteiger partial charge in [-0.15, -0.1) is 0 Å². The van der Waals surface area contributed by atoms with E-state index in [4.69, 9.17) is 19.5 Å². The third kappa shape index (κ3) is 2.88. The molecular weight excluding hydrogens is 222 g/mol. The number of carbonyl (C=O) groups excluding carboxylic acids is 1. The van der Waals surface area contributed by atoms with Crippen molar-refractivity contribution in [3.8, 4) is 17.6 Å². The summed E-state index contributed by atoms with van der Waals surface area (Å²) in [5, 5.41) is 8.59. The molecule has 17 heavy (non-hydrogen) atoms. The summed E-state index contributed by atoms with van der Waals surface area (Å²) in [5.41, 5.74) is 0.180. The molecule has 0 spiro atoms. The topological polar surface area (TPSA) is 68.6 Å². The normalized spacial score (nSPS) is 11.2. The lowest BCUT2D eigenvalue weighted by Gasteiger charge is -2.12. The average molecular weight is 235 g/mol. The predicted molar refractivity (Wildman–Crippen MR) is 60.0 cm³/mol. The van der Waals surface area contributed by atoms with Gasteiger partial charge in [-0.3, -0.25) is 0 Å². The summed E-state index contributed by atoms with van der Waals surface area (Å²) >= 11 is 0. The molecule has 0 bridgehead atoms. The van der Waals surface area contributed by atoms with Crippen molar-refractivity contribution in [2.45, 2.75) is 13.0 Å². The Labute approximate surface area is 99.5 Å². The molecule has 0 aliphatic carbocycles. The van der Waals surface area contributed by atoms with Crippen LogP contribution in [-0.4, -0.2) is 26.3 Å². The second-order valence-electron chi connectivity index (χ2n) is 3.21. The fourth-order valence-electron chi connectivity index (χ4n) is 1.30. The van der Waals surface area contributed by atoms with Crippen molar-refractivity contribution >= 4 is 5.97 Å². The van der Waals surface area contributed by atoms with Gasteiger partial charge in [-0.2, -0.15) is 5.26 Å². The lowest BCUT2D eigenvalue weighted by Crippen LogP contribution is -2.15. The molecule has 0 N–H and O–H groups in total. The van der Waals surface area contributed by atoms with Crippen LogP contribution < -0.4 is 9.47 Å². The lowest BCUT2D eigenvalue weighted by molar-refractivity contribution is 0.0428. The molecule has 90 valence electrons. The summed E-state index contributed by atoms with van der Waals surface area (Å²) in [4.78, 5) is 11.8. The van der Waals surface area contributed by atoms with Crippen LogP contribution in [0.5, 0.6) is 11.5 Å². The Kier molecular flexibility index (Phi) is 4.35. The molecule has 0 fully saturated rings. The smallest absolute Gasteiger partial charge is 0.347 e. The lowest BCUT2D eigenvalue weighted by atomic mass is 10.1. The van der Waals surface area contributed by atoms with E-state index in [2.05, 4.69) is 0 Å². The van der Waals surface area contributed by atoms with Crippen LogP contribution >= 0.6 is 0 Å². The second kappa shape index (κ2) is 5.75. The zero-order valence-corrected chi connectivity index (χ0v) is 9.89. The number of nitriles is 1. The highest BCUT2D eigenvalue weighted by molar-refractivity contribution is 5.95. The van der Waals surface area contributed by atoms with Gasteiger partial charge in [0.05, 0.1) is 14.2 Å². The standard InChI is InChI=1S/C12H13NO4/c1-8(7-13)17-12(14)11-9(15-2)5-4-6-10(11)16-3/h4-6,8H,1-3H3. The zero-order chi connectivity index (χ0) is 12.8. The van der Waals surface area contributed by atoms with E-state index < -0.39 is 12.1 Å². The summed E-state index contributed by atoms with van der Waals surface area (Å²) in [6, 6.07) is 6.75. The maximum atomic E-state index is 11.8. The fourth-order valence-corrected chi connectivity index (χ4v) is 1.30. The molecule has 1 rings (SSSR count). The van der Waals surface area contributed by atoms with Crippen LogP contribution in [0.25, 0.3) is 0 Å². The van der Waals surface area contributed by atoms with E-state index in [1.54, 1.807) is 18.2 Å². The van der Waals surface area contributed by atoms with Gasteiger partial charge in [0, 0.05) is 0 Å². The van der Waals surface area contributed by atoms with Crippen LogP contribution in [0, 0.1) is 11.3 Å². The number of methoxy groups -OCH3 is 2. The van der Waals surface area contributed by atoms with Crippen LogP contribution in [0.2, 0.25) is 0 Å². The van der Waals surface area contributed by atoms with Crippen molar-refractivity contribution in [2.24, 2.45) is 0 Å². The number of carbonyl (C=O) groups is 1. The van der Waals surface area contributed by atoms with Crippen LogP contribution in [-0.2, 0) is 4.74 Å². The molecule has 5 heteroatoms.